The van der Waals surface area contributed by atoms with Crippen molar-refractivity contribution in [3.8, 4) is 11.8 Å². The summed E-state index contributed by atoms with van der Waals surface area (Å²) in [6.45, 7) is 4.64. The Morgan fingerprint density at radius 1 is 1.06 bits per heavy atom. The van der Waals surface area contributed by atoms with E-state index in [2.05, 4.69) is 15.7 Å². The number of aromatic nitrogens is 2. The van der Waals surface area contributed by atoms with Crippen molar-refractivity contribution in [1.29, 1.82) is 5.26 Å². The number of rotatable bonds is 9. The smallest absolute Gasteiger partial charge is 0.298 e. The van der Waals surface area contributed by atoms with Crippen LogP contribution in [0.15, 0.2) is 72.9 Å². The summed E-state index contributed by atoms with van der Waals surface area (Å²) in [5, 5.41) is 19.5. The van der Waals surface area contributed by atoms with E-state index >= 15 is 8.78 Å². The van der Waals surface area contributed by atoms with Crippen LogP contribution in [0.4, 0.5) is 24.5 Å². The van der Waals surface area contributed by atoms with Gasteiger partial charge in [0, 0.05) is 42.0 Å². The fourth-order valence-electron chi connectivity index (χ4n) is 6.38. The number of alkyl halides is 2. The van der Waals surface area contributed by atoms with Crippen LogP contribution in [0.2, 0.25) is 0 Å². The highest BCUT2D eigenvalue weighted by Crippen LogP contribution is 2.41. The summed E-state index contributed by atoms with van der Waals surface area (Å²) < 4.78 is 50.9. The Kier molecular flexibility index (Phi) is 8.87. The number of halogens is 3. The molecule has 2 aliphatic heterocycles. The quantitative estimate of drug-likeness (QED) is 0.264. The van der Waals surface area contributed by atoms with Crippen molar-refractivity contribution in [2.75, 3.05) is 37.0 Å². The Bertz CT molecular complexity index is 1960. The third-order valence-electron chi connectivity index (χ3n) is 8.97. The number of nitriles is 1. The van der Waals surface area contributed by atoms with E-state index in [9.17, 15) is 24.0 Å². The molecule has 0 saturated carbocycles. The number of likely N-dealkylation sites (tertiary alicyclic amines) is 1. The lowest BCUT2D eigenvalue weighted by atomic mass is 9.99. The van der Waals surface area contributed by atoms with E-state index in [1.54, 1.807) is 6.92 Å². The Labute approximate surface area is 279 Å². The summed E-state index contributed by atoms with van der Waals surface area (Å²) in [6, 6.07) is 14.0. The number of benzene rings is 3. The molecule has 2 N–H and O–H groups in total. The molecule has 1 fully saturated rings. The van der Waals surface area contributed by atoms with Gasteiger partial charge in [0.2, 0.25) is 5.91 Å². The second-order valence-electron chi connectivity index (χ2n) is 11.8. The van der Waals surface area contributed by atoms with E-state index in [-0.39, 0.29) is 46.1 Å². The first kappa shape index (κ1) is 33.2. The molecule has 3 atom stereocenters. The lowest BCUT2D eigenvalue weighted by molar-refractivity contribution is -0.125. The number of amides is 3. The second kappa shape index (κ2) is 13.1. The van der Waals surface area contributed by atoms with Gasteiger partial charge in [-0.15, -0.1) is 0 Å². The maximum absolute atomic E-state index is 15.4. The highest BCUT2D eigenvalue weighted by Gasteiger charge is 2.49. The lowest BCUT2D eigenvalue weighted by Gasteiger charge is -2.37. The zero-order valence-corrected chi connectivity index (χ0v) is 26.8. The standard InChI is InChI=1S/C35H32F3N7O4/c1-4-40-32(46)20(2)43-18-28-29(19-43)45-31(27(17-41-45)42-33(47)21-5-14-30(49-3)22(15-21)16-39)34(48)44(28)26-12-8-24(9-13-26)35(37,38)23-6-10-25(36)11-7-23/h5-15,17,20,28-29H,4,18-19H2,1-3H3,(H,40,46)(H,42,47)/t20?,28-,29+/m0/s1. The second-order valence-corrected chi connectivity index (χ2v) is 11.8. The van der Waals surface area contributed by atoms with Crippen LogP contribution in [0.3, 0.4) is 0 Å². The normalized spacial score (nSPS) is 17.9. The monoisotopic (exact) mass is 671 g/mol. The molecule has 1 aromatic heterocycles. The van der Waals surface area contributed by atoms with Crippen LogP contribution in [0.5, 0.6) is 5.75 Å². The number of likely N-dealkylation sites (N-methyl/N-ethyl adjacent to an activating group) is 1. The predicted molar refractivity (Wildman–Crippen MR) is 173 cm³/mol. The average molecular weight is 672 g/mol. The van der Waals surface area contributed by atoms with Crippen molar-refractivity contribution >= 4 is 29.1 Å². The van der Waals surface area contributed by atoms with Crippen LogP contribution < -0.4 is 20.3 Å². The first-order valence-electron chi connectivity index (χ1n) is 15.5. The molecule has 0 spiro atoms. The molecule has 49 heavy (non-hydrogen) atoms. The Morgan fingerprint density at radius 2 is 1.71 bits per heavy atom. The Hall–Kier alpha value is -5.68. The number of nitrogens with one attached hydrogen (secondary N) is 2. The van der Waals surface area contributed by atoms with Gasteiger partial charge in [-0.1, -0.05) is 12.1 Å². The van der Waals surface area contributed by atoms with E-state index in [0.29, 0.717) is 24.5 Å². The molecule has 3 amide bonds. The number of ether oxygens (including phenoxy) is 1. The van der Waals surface area contributed by atoms with Gasteiger partial charge in [-0.25, -0.2) is 4.39 Å². The molecule has 252 valence electrons. The summed E-state index contributed by atoms with van der Waals surface area (Å²) in [5.41, 5.74) is 0.0679. The maximum atomic E-state index is 15.4. The summed E-state index contributed by atoms with van der Waals surface area (Å²) in [7, 11) is 1.41. The summed E-state index contributed by atoms with van der Waals surface area (Å²) >= 11 is 0. The van der Waals surface area contributed by atoms with Crippen molar-refractivity contribution in [2.45, 2.75) is 37.9 Å². The molecule has 4 aromatic rings. The van der Waals surface area contributed by atoms with Crippen LogP contribution in [0.25, 0.3) is 0 Å². The van der Waals surface area contributed by atoms with Crippen LogP contribution in [-0.4, -0.2) is 71.2 Å². The number of carbonyl (C=O) groups excluding carboxylic acids is 3. The van der Waals surface area contributed by atoms with Crippen LogP contribution >= 0.6 is 0 Å². The fraction of sp³-hybridized carbons (Fsp3) is 0.286. The summed E-state index contributed by atoms with van der Waals surface area (Å²) in [4.78, 5) is 43.9. The molecule has 0 aliphatic carbocycles. The van der Waals surface area contributed by atoms with E-state index in [1.807, 2.05) is 17.9 Å². The maximum Gasteiger partial charge on any atom is 0.298 e. The predicted octanol–water partition coefficient (Wildman–Crippen LogP) is 4.71. The Morgan fingerprint density at radius 3 is 2.35 bits per heavy atom. The third kappa shape index (κ3) is 5.97. The van der Waals surface area contributed by atoms with Crippen molar-refractivity contribution in [3.63, 3.8) is 0 Å². The largest absolute Gasteiger partial charge is 0.495 e. The van der Waals surface area contributed by atoms with Crippen molar-refractivity contribution in [3.05, 3.63) is 107 Å². The molecule has 1 unspecified atom stereocenters. The van der Waals surface area contributed by atoms with Gasteiger partial charge in [-0.2, -0.15) is 19.1 Å². The van der Waals surface area contributed by atoms with E-state index in [4.69, 9.17) is 4.74 Å². The van der Waals surface area contributed by atoms with Crippen LogP contribution in [-0.2, 0) is 10.7 Å². The number of nitrogens with zero attached hydrogens (tertiary/aromatic N) is 5. The van der Waals surface area contributed by atoms with Crippen molar-refractivity contribution in [1.82, 2.24) is 20.0 Å². The van der Waals surface area contributed by atoms with Gasteiger partial charge in [-0.3, -0.25) is 24.0 Å². The zero-order chi connectivity index (χ0) is 35.0. The number of hydrogen-bond acceptors (Lipinski definition) is 7. The third-order valence-corrected chi connectivity index (χ3v) is 8.97. The van der Waals surface area contributed by atoms with Crippen molar-refractivity contribution in [2.24, 2.45) is 0 Å². The van der Waals surface area contributed by atoms with Gasteiger partial charge in [-0.05, 0) is 68.4 Å². The topological polar surface area (TPSA) is 133 Å². The van der Waals surface area contributed by atoms with Crippen molar-refractivity contribution < 1.29 is 32.3 Å². The molecular formula is C35H32F3N7O4. The first-order valence-corrected chi connectivity index (χ1v) is 15.5. The number of anilines is 2. The number of fused-ring (bicyclic) bond motifs is 3. The minimum absolute atomic E-state index is 0.0665. The van der Waals surface area contributed by atoms with Gasteiger partial charge in [0.05, 0.1) is 42.7 Å². The summed E-state index contributed by atoms with van der Waals surface area (Å²) in [5.74, 6) is -5.08. The molecule has 0 bridgehead atoms. The van der Waals surface area contributed by atoms with Gasteiger partial charge >= 0.3 is 0 Å². The molecule has 6 rings (SSSR count). The zero-order valence-electron chi connectivity index (χ0n) is 26.8. The van der Waals surface area contributed by atoms with Gasteiger partial charge in [0.1, 0.15) is 17.6 Å². The molecule has 1 saturated heterocycles. The van der Waals surface area contributed by atoms with E-state index < -0.39 is 41.7 Å². The molecule has 3 aromatic carbocycles. The van der Waals surface area contributed by atoms with Gasteiger partial charge in [0.15, 0.2) is 5.69 Å². The summed E-state index contributed by atoms with van der Waals surface area (Å²) in [6.07, 6.45) is 1.36. The molecule has 11 nitrogen and oxygen atoms in total. The molecular weight excluding hydrogens is 639 g/mol. The van der Waals surface area contributed by atoms with Gasteiger partial charge < -0.3 is 20.3 Å². The minimum Gasteiger partial charge on any atom is -0.495 e. The first-order chi connectivity index (χ1) is 23.5. The van der Waals surface area contributed by atoms with Gasteiger partial charge in [0.25, 0.3) is 17.7 Å². The highest BCUT2D eigenvalue weighted by molar-refractivity contribution is 6.13. The molecule has 3 heterocycles. The van der Waals surface area contributed by atoms with E-state index in [0.717, 1.165) is 24.3 Å². The average Bonchev–Trinajstić information content (AvgIpc) is 3.73. The molecule has 14 heteroatoms. The Balaban J connectivity index is 1.36. The number of hydrogen-bond donors (Lipinski definition) is 2. The molecule has 0 radical (unpaired) electrons. The highest BCUT2D eigenvalue weighted by atomic mass is 19.3. The minimum atomic E-state index is -3.43. The number of carbonyl (C=O) groups is 3. The van der Waals surface area contributed by atoms with Crippen LogP contribution in [0, 0.1) is 17.1 Å². The molecule has 2 aliphatic rings. The van der Waals surface area contributed by atoms with Crippen LogP contribution in [0.1, 0.15) is 57.4 Å². The lowest BCUT2D eigenvalue weighted by Crippen LogP contribution is -2.51. The number of methoxy groups -OCH3 is 1. The SMILES string of the molecule is CCNC(=O)C(C)N1C[C@@H]2[C@H](C1)N(c1ccc(C(F)(F)c3ccc(F)cc3)cc1)C(=O)c1c(NC(=O)c3ccc(OC)c(C#N)c3)cnn12. The van der Waals surface area contributed by atoms with E-state index in [1.165, 1.54) is 65.4 Å². The fourth-order valence-corrected chi connectivity index (χ4v) is 6.38.